The zero-order valence-corrected chi connectivity index (χ0v) is 12.5. The third-order valence-corrected chi connectivity index (χ3v) is 6.92. The van der Waals surface area contributed by atoms with Crippen LogP contribution in [0.1, 0.15) is 25.6 Å². The van der Waals surface area contributed by atoms with E-state index in [4.69, 9.17) is 11.6 Å². The van der Waals surface area contributed by atoms with E-state index >= 15 is 0 Å². The lowest BCUT2D eigenvalue weighted by molar-refractivity contribution is 0.170. The number of hydrogen-bond donors (Lipinski definition) is 1. The Labute approximate surface area is 115 Å². The van der Waals surface area contributed by atoms with Crippen LogP contribution in [0.5, 0.6) is 0 Å². The molecule has 1 aromatic rings. The molecule has 3 nitrogen and oxygen atoms in total. The van der Waals surface area contributed by atoms with E-state index < -0.39 is 6.10 Å². The van der Waals surface area contributed by atoms with Crippen LogP contribution in [0, 0.1) is 0 Å². The van der Waals surface area contributed by atoms with Crippen LogP contribution in [0.25, 0.3) is 0 Å². The lowest BCUT2D eigenvalue weighted by Crippen LogP contribution is -2.31. The highest BCUT2D eigenvalue weighted by molar-refractivity contribution is 8.07. The van der Waals surface area contributed by atoms with E-state index in [0.29, 0.717) is 15.5 Å². The first-order valence-electron chi connectivity index (χ1n) is 5.63. The van der Waals surface area contributed by atoms with Gasteiger partial charge in [0.25, 0.3) is 0 Å². The average molecular weight is 293 g/mol. The molecule has 0 saturated carbocycles. The fourth-order valence-corrected chi connectivity index (χ4v) is 5.16. The molecule has 1 aliphatic rings. The summed E-state index contributed by atoms with van der Waals surface area (Å²) in [5, 5.41) is 16.4. The van der Waals surface area contributed by atoms with Gasteiger partial charge < -0.3 is 5.11 Å². The molecule has 4 unspecified atom stereocenters. The van der Waals surface area contributed by atoms with Crippen LogP contribution in [0.3, 0.4) is 0 Å². The van der Waals surface area contributed by atoms with E-state index in [1.807, 2.05) is 30.6 Å². The van der Waals surface area contributed by atoms with Crippen molar-refractivity contribution in [1.29, 1.82) is 0 Å². The molecule has 0 amide bonds. The first kappa shape index (κ1) is 13.6. The molecule has 1 saturated heterocycles. The SMILES string of the molecule is CC1SCC(C(O)c2c(Cl)cnn2C)SC1C. The standard InChI is InChI=1S/C11H17ClN2OS2/c1-6-7(2)17-9(5-16-6)11(15)10-8(12)4-13-14(10)3/h4,6-7,9,11,15H,5H2,1-3H3. The van der Waals surface area contributed by atoms with Crippen LogP contribution in [-0.4, -0.2) is 36.4 Å². The number of aliphatic hydroxyl groups excluding tert-OH is 1. The Morgan fingerprint density at radius 3 is 2.76 bits per heavy atom. The highest BCUT2D eigenvalue weighted by atomic mass is 35.5. The molecule has 4 atom stereocenters. The first-order valence-corrected chi connectivity index (χ1v) is 8.00. The van der Waals surface area contributed by atoms with Gasteiger partial charge in [-0.25, -0.2) is 0 Å². The first-order chi connectivity index (χ1) is 8.00. The predicted octanol–water partition coefficient (Wildman–Crippen LogP) is 2.73. The summed E-state index contributed by atoms with van der Waals surface area (Å²) in [7, 11) is 1.82. The number of hydrogen-bond acceptors (Lipinski definition) is 4. The minimum atomic E-state index is -0.539. The monoisotopic (exact) mass is 292 g/mol. The number of nitrogens with zero attached hydrogens (tertiary/aromatic N) is 2. The van der Waals surface area contributed by atoms with Gasteiger partial charge >= 0.3 is 0 Å². The van der Waals surface area contributed by atoms with Crippen molar-refractivity contribution in [2.45, 2.75) is 35.7 Å². The summed E-state index contributed by atoms with van der Waals surface area (Å²) in [6.45, 7) is 4.45. The molecule has 17 heavy (non-hydrogen) atoms. The quantitative estimate of drug-likeness (QED) is 0.910. The van der Waals surface area contributed by atoms with E-state index in [-0.39, 0.29) is 5.25 Å². The number of aromatic nitrogens is 2. The molecule has 0 radical (unpaired) electrons. The molecule has 0 aromatic carbocycles. The Balaban J connectivity index is 2.13. The maximum absolute atomic E-state index is 10.4. The topological polar surface area (TPSA) is 38.1 Å². The number of halogens is 1. The van der Waals surface area contributed by atoms with E-state index in [2.05, 4.69) is 18.9 Å². The highest BCUT2D eigenvalue weighted by Crippen LogP contribution is 2.41. The van der Waals surface area contributed by atoms with E-state index in [1.165, 1.54) is 0 Å². The van der Waals surface area contributed by atoms with E-state index in [1.54, 1.807) is 10.9 Å². The summed E-state index contributed by atoms with van der Waals surface area (Å²) < 4.78 is 1.67. The maximum atomic E-state index is 10.4. The maximum Gasteiger partial charge on any atom is 0.110 e. The second-order valence-corrected chi connectivity index (χ2v) is 7.80. The highest BCUT2D eigenvalue weighted by Gasteiger charge is 2.33. The van der Waals surface area contributed by atoms with Crippen LogP contribution in [0.4, 0.5) is 0 Å². The lowest BCUT2D eigenvalue weighted by atomic mass is 10.2. The minimum Gasteiger partial charge on any atom is -0.386 e. The predicted molar refractivity (Wildman–Crippen MR) is 75.9 cm³/mol. The van der Waals surface area contributed by atoms with Crippen molar-refractivity contribution in [3.05, 3.63) is 16.9 Å². The third kappa shape index (κ3) is 2.78. The summed E-state index contributed by atoms with van der Waals surface area (Å²) >= 11 is 9.83. The molecule has 0 bridgehead atoms. The average Bonchev–Trinajstić information content (AvgIpc) is 2.62. The van der Waals surface area contributed by atoms with Crippen molar-refractivity contribution >= 4 is 35.1 Å². The Bertz CT molecular complexity index is 379. The van der Waals surface area contributed by atoms with Crippen molar-refractivity contribution in [2.24, 2.45) is 7.05 Å². The van der Waals surface area contributed by atoms with Gasteiger partial charge in [0.15, 0.2) is 0 Å². The molecule has 0 spiro atoms. The van der Waals surface area contributed by atoms with Gasteiger partial charge in [0.2, 0.25) is 0 Å². The normalized spacial score (nSPS) is 31.5. The summed E-state index contributed by atoms with van der Waals surface area (Å²) in [4.78, 5) is 0. The van der Waals surface area contributed by atoms with E-state index in [0.717, 1.165) is 11.4 Å². The molecule has 96 valence electrons. The molecular formula is C11H17ClN2OS2. The summed E-state index contributed by atoms with van der Waals surface area (Å²) in [5.74, 6) is 0.957. The molecule has 1 fully saturated rings. The van der Waals surface area contributed by atoms with Gasteiger partial charge in [0, 0.05) is 28.6 Å². The molecule has 1 aliphatic heterocycles. The summed E-state index contributed by atoms with van der Waals surface area (Å²) in [5.41, 5.74) is 0.728. The zero-order valence-electron chi connectivity index (χ0n) is 10.1. The van der Waals surface area contributed by atoms with Gasteiger partial charge in [-0.05, 0) is 0 Å². The van der Waals surface area contributed by atoms with Crippen molar-refractivity contribution < 1.29 is 5.11 Å². The van der Waals surface area contributed by atoms with Gasteiger partial charge in [-0.15, -0.1) is 0 Å². The number of thioether (sulfide) groups is 2. The Morgan fingerprint density at radius 1 is 1.53 bits per heavy atom. The molecule has 1 aromatic heterocycles. The van der Waals surface area contributed by atoms with Gasteiger partial charge in [0.1, 0.15) is 6.10 Å². The van der Waals surface area contributed by atoms with Crippen LogP contribution in [0.2, 0.25) is 5.02 Å². The zero-order chi connectivity index (χ0) is 12.6. The number of aliphatic hydroxyl groups is 1. The Hall–Kier alpha value is 0.160. The van der Waals surface area contributed by atoms with Crippen LogP contribution in [0.15, 0.2) is 6.20 Å². The third-order valence-electron chi connectivity index (χ3n) is 3.14. The Morgan fingerprint density at radius 2 is 2.24 bits per heavy atom. The van der Waals surface area contributed by atoms with Crippen molar-refractivity contribution in [2.75, 3.05) is 5.75 Å². The lowest BCUT2D eigenvalue weighted by Gasteiger charge is -2.33. The van der Waals surface area contributed by atoms with Crippen molar-refractivity contribution in [3.63, 3.8) is 0 Å². The minimum absolute atomic E-state index is 0.194. The summed E-state index contributed by atoms with van der Waals surface area (Å²) in [6, 6.07) is 0. The van der Waals surface area contributed by atoms with Crippen molar-refractivity contribution in [1.82, 2.24) is 9.78 Å². The van der Waals surface area contributed by atoms with E-state index in [9.17, 15) is 5.11 Å². The second kappa shape index (κ2) is 5.43. The second-order valence-electron chi connectivity index (χ2n) is 4.36. The van der Waals surface area contributed by atoms with Gasteiger partial charge in [-0.2, -0.15) is 28.6 Å². The fraction of sp³-hybridized carbons (Fsp3) is 0.727. The molecule has 0 aliphatic carbocycles. The molecule has 1 N–H and O–H groups in total. The molecule has 6 heteroatoms. The van der Waals surface area contributed by atoms with Crippen LogP contribution < -0.4 is 0 Å². The fourth-order valence-electron chi connectivity index (χ4n) is 1.90. The molecule has 2 heterocycles. The molecular weight excluding hydrogens is 276 g/mol. The van der Waals surface area contributed by atoms with Gasteiger partial charge in [-0.3, -0.25) is 4.68 Å². The summed E-state index contributed by atoms with van der Waals surface area (Å²) in [6.07, 6.45) is 1.05. The smallest absolute Gasteiger partial charge is 0.110 e. The molecule has 2 rings (SSSR count). The van der Waals surface area contributed by atoms with Gasteiger partial charge in [-0.1, -0.05) is 25.4 Å². The van der Waals surface area contributed by atoms with Crippen LogP contribution >= 0.6 is 35.1 Å². The number of aryl methyl sites for hydroxylation is 1. The Kier molecular flexibility index (Phi) is 4.34. The van der Waals surface area contributed by atoms with Crippen molar-refractivity contribution in [3.8, 4) is 0 Å². The number of rotatable bonds is 2. The van der Waals surface area contributed by atoms with Gasteiger partial charge in [0.05, 0.1) is 16.9 Å². The van der Waals surface area contributed by atoms with Crippen LogP contribution in [-0.2, 0) is 7.05 Å². The largest absolute Gasteiger partial charge is 0.386 e.